The minimum absolute atomic E-state index is 0.0542. The molecular formula is C30H31N5O7. The van der Waals surface area contributed by atoms with Crippen LogP contribution in [0.15, 0.2) is 60.7 Å². The Balaban J connectivity index is 1.43. The number of ether oxygens (including phenoxy) is 4. The van der Waals surface area contributed by atoms with Crippen molar-refractivity contribution in [3.63, 3.8) is 0 Å². The maximum atomic E-state index is 14.3. The van der Waals surface area contributed by atoms with Crippen molar-refractivity contribution < 1.29 is 33.6 Å². The molecule has 218 valence electrons. The topological polar surface area (TPSA) is 137 Å². The molecule has 4 aromatic rings. The third-order valence-corrected chi connectivity index (χ3v) is 7.24. The van der Waals surface area contributed by atoms with Crippen LogP contribution < -0.4 is 24.4 Å². The number of carbonyl (C=O) groups excluding carboxylic acids is 2. The van der Waals surface area contributed by atoms with Crippen LogP contribution >= 0.6 is 0 Å². The average Bonchev–Trinajstić information content (AvgIpc) is 3.77. The van der Waals surface area contributed by atoms with Gasteiger partial charge in [0.05, 0.1) is 18.2 Å². The Morgan fingerprint density at radius 2 is 2.00 bits per heavy atom. The molecule has 2 atom stereocenters. The third-order valence-electron chi connectivity index (χ3n) is 7.24. The number of amides is 2. The zero-order valence-corrected chi connectivity index (χ0v) is 23.1. The number of aromatic nitrogens is 3. The predicted molar refractivity (Wildman–Crippen MR) is 152 cm³/mol. The molecule has 0 bridgehead atoms. The van der Waals surface area contributed by atoms with Crippen LogP contribution in [0.1, 0.15) is 31.4 Å². The summed E-state index contributed by atoms with van der Waals surface area (Å²) < 4.78 is 23.9. The lowest BCUT2D eigenvalue weighted by Gasteiger charge is -2.32. The Kier molecular flexibility index (Phi) is 7.78. The predicted octanol–water partition coefficient (Wildman–Crippen LogP) is 3.33. The van der Waals surface area contributed by atoms with Gasteiger partial charge in [0.2, 0.25) is 18.6 Å². The summed E-state index contributed by atoms with van der Waals surface area (Å²) >= 11 is 0. The zero-order chi connectivity index (χ0) is 29.1. The van der Waals surface area contributed by atoms with E-state index >= 15 is 0 Å². The number of phenolic OH excluding ortho intramolecular Hbond substituents is 1. The molecule has 2 N–H and O–H groups in total. The second-order valence-corrected chi connectivity index (χ2v) is 9.98. The summed E-state index contributed by atoms with van der Waals surface area (Å²) in [6.07, 6.45) is 1.65. The van der Waals surface area contributed by atoms with Crippen molar-refractivity contribution in [3.05, 3.63) is 66.2 Å². The van der Waals surface area contributed by atoms with Crippen LogP contribution in [0.25, 0.3) is 11.0 Å². The van der Waals surface area contributed by atoms with E-state index in [0.29, 0.717) is 53.5 Å². The highest BCUT2D eigenvalue weighted by molar-refractivity contribution is 6.02. The maximum absolute atomic E-state index is 14.3. The maximum Gasteiger partial charge on any atom is 0.249 e. The molecule has 0 spiro atoms. The number of aromatic hydroxyl groups is 1. The molecule has 1 saturated heterocycles. The largest absolute Gasteiger partial charge is 0.504 e. The van der Waals surface area contributed by atoms with Crippen LogP contribution in [0.5, 0.6) is 23.0 Å². The van der Waals surface area contributed by atoms with Gasteiger partial charge in [-0.2, -0.15) is 0 Å². The van der Waals surface area contributed by atoms with Crippen LogP contribution in [-0.2, 0) is 20.9 Å². The first-order chi connectivity index (χ1) is 20.5. The molecule has 1 aromatic heterocycles. The summed E-state index contributed by atoms with van der Waals surface area (Å²) in [6.45, 7) is 2.90. The summed E-state index contributed by atoms with van der Waals surface area (Å²) in [6, 6.07) is 15.9. The van der Waals surface area contributed by atoms with E-state index in [2.05, 4.69) is 15.6 Å². The van der Waals surface area contributed by atoms with Gasteiger partial charge in [-0.25, -0.2) is 4.68 Å². The van der Waals surface area contributed by atoms with Crippen LogP contribution in [-0.4, -0.2) is 64.6 Å². The molecule has 42 heavy (non-hydrogen) atoms. The Morgan fingerprint density at radius 3 is 2.83 bits per heavy atom. The first-order valence-corrected chi connectivity index (χ1v) is 13.9. The van der Waals surface area contributed by atoms with Crippen molar-refractivity contribution >= 4 is 28.5 Å². The second-order valence-electron chi connectivity index (χ2n) is 9.98. The standard InChI is InChI=1S/C30H31N5O7/c1-2-39-26-14-19(9-11-24(26)36)29(30(38)31-16-21-6-5-13-40-21)35(20-10-12-25-27(15-20)42-18-41-25)28(37)17-34-23-8-4-3-7-22(23)32-33-34/h3-4,7-12,14-15,21,29,36H,2,5-6,13,16-18H2,1H3,(H,31,38)/t21-,29+/m1/s1. The minimum atomic E-state index is -1.14. The highest BCUT2D eigenvalue weighted by Gasteiger charge is 2.35. The monoisotopic (exact) mass is 573 g/mol. The molecule has 2 amide bonds. The number of hydrogen-bond donors (Lipinski definition) is 2. The Bertz CT molecular complexity index is 1600. The van der Waals surface area contributed by atoms with E-state index in [4.69, 9.17) is 18.9 Å². The van der Waals surface area contributed by atoms with Gasteiger partial charge >= 0.3 is 0 Å². The third kappa shape index (κ3) is 5.53. The van der Waals surface area contributed by atoms with Gasteiger partial charge in [0.15, 0.2) is 23.0 Å². The fourth-order valence-corrected chi connectivity index (χ4v) is 5.22. The molecule has 6 rings (SSSR count). The van der Waals surface area contributed by atoms with Gasteiger partial charge in [-0.3, -0.25) is 14.5 Å². The number of benzene rings is 3. The summed E-state index contributed by atoms with van der Waals surface area (Å²) in [5.41, 5.74) is 2.18. The lowest BCUT2D eigenvalue weighted by Crippen LogP contribution is -2.46. The van der Waals surface area contributed by atoms with E-state index in [-0.39, 0.29) is 30.9 Å². The summed E-state index contributed by atoms with van der Waals surface area (Å²) in [7, 11) is 0. The lowest BCUT2D eigenvalue weighted by atomic mass is 10.0. The Labute approximate surface area is 241 Å². The molecule has 3 heterocycles. The van der Waals surface area contributed by atoms with E-state index in [1.54, 1.807) is 37.3 Å². The molecule has 1 fully saturated rings. The number of nitrogens with zero attached hydrogens (tertiary/aromatic N) is 4. The van der Waals surface area contributed by atoms with E-state index in [1.165, 1.54) is 15.6 Å². The number of fused-ring (bicyclic) bond motifs is 2. The van der Waals surface area contributed by atoms with Crippen LogP contribution in [0.2, 0.25) is 0 Å². The highest BCUT2D eigenvalue weighted by Crippen LogP contribution is 2.39. The van der Waals surface area contributed by atoms with Gasteiger partial charge in [-0.1, -0.05) is 23.4 Å². The van der Waals surface area contributed by atoms with Crippen LogP contribution in [0, 0.1) is 0 Å². The number of hydrogen-bond acceptors (Lipinski definition) is 9. The first-order valence-electron chi connectivity index (χ1n) is 13.9. The van der Waals surface area contributed by atoms with Crippen LogP contribution in [0.4, 0.5) is 5.69 Å². The number of phenols is 1. The van der Waals surface area contributed by atoms with E-state index in [1.807, 2.05) is 24.3 Å². The number of nitrogens with one attached hydrogen (secondary N) is 1. The average molecular weight is 574 g/mol. The van der Waals surface area contributed by atoms with Gasteiger partial charge < -0.3 is 29.4 Å². The smallest absolute Gasteiger partial charge is 0.249 e. The molecular weight excluding hydrogens is 542 g/mol. The number of carbonyl (C=O) groups is 2. The SMILES string of the molecule is CCOc1cc([C@@H](C(=O)NC[C@H]2CCCO2)N(C(=O)Cn2nnc3ccccc32)c2ccc3c(c2)OCO3)ccc1O. The normalized spacial score (nSPS) is 16.4. The molecule has 12 nitrogen and oxygen atoms in total. The highest BCUT2D eigenvalue weighted by atomic mass is 16.7. The van der Waals surface area contributed by atoms with Gasteiger partial charge in [0.25, 0.3) is 0 Å². The first kappa shape index (κ1) is 27.3. The van der Waals surface area contributed by atoms with E-state index in [0.717, 1.165) is 12.8 Å². The van der Waals surface area contributed by atoms with Crippen molar-refractivity contribution in [2.75, 3.05) is 31.5 Å². The van der Waals surface area contributed by atoms with Gasteiger partial charge in [0, 0.05) is 24.9 Å². The quantitative estimate of drug-likeness (QED) is 0.293. The Hall–Kier alpha value is -4.84. The minimum Gasteiger partial charge on any atom is -0.504 e. The van der Waals surface area contributed by atoms with Gasteiger partial charge in [-0.15, -0.1) is 5.10 Å². The van der Waals surface area contributed by atoms with Crippen molar-refractivity contribution in [3.8, 4) is 23.0 Å². The van der Waals surface area contributed by atoms with Gasteiger partial charge in [-0.05, 0) is 61.7 Å². The lowest BCUT2D eigenvalue weighted by molar-refractivity contribution is -0.127. The zero-order valence-electron chi connectivity index (χ0n) is 23.1. The van der Waals surface area contributed by atoms with E-state index in [9.17, 15) is 14.7 Å². The molecule has 12 heteroatoms. The van der Waals surface area contributed by atoms with Crippen molar-refractivity contribution in [1.29, 1.82) is 0 Å². The summed E-state index contributed by atoms with van der Waals surface area (Å²) in [5, 5.41) is 21.7. The number of para-hydroxylation sites is 1. The number of rotatable bonds is 10. The second kappa shape index (κ2) is 12.0. The van der Waals surface area contributed by atoms with E-state index < -0.39 is 17.9 Å². The molecule has 3 aromatic carbocycles. The summed E-state index contributed by atoms with van der Waals surface area (Å²) in [5.74, 6) is 0.272. The fourth-order valence-electron chi connectivity index (χ4n) is 5.22. The van der Waals surface area contributed by atoms with Crippen molar-refractivity contribution in [1.82, 2.24) is 20.3 Å². The van der Waals surface area contributed by atoms with Crippen LogP contribution in [0.3, 0.4) is 0 Å². The summed E-state index contributed by atoms with van der Waals surface area (Å²) in [4.78, 5) is 29.8. The van der Waals surface area contributed by atoms with Crippen molar-refractivity contribution in [2.24, 2.45) is 0 Å². The molecule has 0 unspecified atom stereocenters. The molecule has 0 aliphatic carbocycles. The molecule has 2 aliphatic rings. The number of anilines is 1. The molecule has 2 aliphatic heterocycles. The van der Waals surface area contributed by atoms with Gasteiger partial charge in [0.1, 0.15) is 18.1 Å². The molecule has 0 saturated carbocycles. The molecule has 0 radical (unpaired) electrons. The Morgan fingerprint density at radius 1 is 1.14 bits per heavy atom. The fraction of sp³-hybridized carbons (Fsp3) is 0.333. The van der Waals surface area contributed by atoms with Crippen molar-refractivity contribution in [2.45, 2.75) is 38.5 Å².